The van der Waals surface area contributed by atoms with Crippen LogP contribution in [0.3, 0.4) is 0 Å². The van der Waals surface area contributed by atoms with Crippen molar-refractivity contribution in [2.45, 2.75) is 50.2 Å². The number of nitrogens with two attached hydrogens (primary N) is 2. The van der Waals surface area contributed by atoms with E-state index in [0.717, 1.165) is 0 Å². The average molecular weight is 287 g/mol. The minimum absolute atomic E-state index is 0.00274. The molecule has 20 heavy (non-hydrogen) atoms. The first kappa shape index (κ1) is 18.2. The lowest BCUT2D eigenvalue weighted by atomic mass is 10.1. The summed E-state index contributed by atoms with van der Waals surface area (Å²) in [7, 11) is 0. The van der Waals surface area contributed by atoms with Crippen molar-refractivity contribution in [3.8, 4) is 0 Å². The fraction of sp³-hybridized carbons (Fsp3) is 0.667. The molecule has 0 fully saturated rings. The number of carboxylic acid groups (broad SMARTS) is 1. The van der Waals surface area contributed by atoms with Crippen LogP contribution in [-0.4, -0.2) is 47.7 Å². The lowest BCUT2D eigenvalue weighted by molar-refractivity contribution is -0.137. The molecule has 1 amide bonds. The third-order valence-corrected chi connectivity index (χ3v) is 2.73. The van der Waals surface area contributed by atoms with E-state index in [-0.39, 0.29) is 12.8 Å². The van der Waals surface area contributed by atoms with Gasteiger partial charge in [-0.15, -0.1) is 0 Å². The molecule has 8 heteroatoms. The molecule has 0 spiro atoms. The number of nitrogens with one attached hydrogen (secondary N) is 1. The predicted octanol–water partition coefficient (Wildman–Crippen LogP) is -1.44. The number of carbonyl (C=O) groups excluding carboxylic acids is 3. The SMILES string of the molecule is N[C@@H](C=O)CCC[C@@H](C=O)NC(=O)[C@@H](N)CCC(=O)O. The van der Waals surface area contributed by atoms with Crippen molar-refractivity contribution in [3.05, 3.63) is 0 Å². The number of carbonyl (C=O) groups is 4. The number of amides is 1. The molecule has 0 bridgehead atoms. The Morgan fingerprint density at radius 3 is 2.25 bits per heavy atom. The van der Waals surface area contributed by atoms with Crippen LogP contribution in [0.2, 0.25) is 0 Å². The van der Waals surface area contributed by atoms with E-state index in [4.69, 9.17) is 16.6 Å². The molecule has 3 atom stereocenters. The van der Waals surface area contributed by atoms with Crippen LogP contribution < -0.4 is 16.8 Å². The van der Waals surface area contributed by atoms with E-state index in [2.05, 4.69) is 5.32 Å². The van der Waals surface area contributed by atoms with E-state index in [0.29, 0.717) is 31.8 Å². The van der Waals surface area contributed by atoms with Crippen molar-refractivity contribution >= 4 is 24.4 Å². The van der Waals surface area contributed by atoms with Crippen LogP contribution in [0.15, 0.2) is 0 Å². The lowest BCUT2D eigenvalue weighted by Crippen LogP contribution is -2.46. The van der Waals surface area contributed by atoms with Crippen LogP contribution in [0.1, 0.15) is 32.1 Å². The second-order valence-electron chi connectivity index (χ2n) is 4.52. The van der Waals surface area contributed by atoms with Gasteiger partial charge in [0.05, 0.1) is 18.1 Å². The van der Waals surface area contributed by atoms with Gasteiger partial charge in [-0.05, 0) is 25.7 Å². The van der Waals surface area contributed by atoms with Crippen LogP contribution in [0.4, 0.5) is 0 Å². The van der Waals surface area contributed by atoms with Crippen molar-refractivity contribution in [3.63, 3.8) is 0 Å². The van der Waals surface area contributed by atoms with Crippen molar-refractivity contribution in [1.29, 1.82) is 0 Å². The highest BCUT2D eigenvalue weighted by atomic mass is 16.4. The van der Waals surface area contributed by atoms with Gasteiger partial charge in [0.2, 0.25) is 5.91 Å². The Labute approximate surface area is 116 Å². The minimum Gasteiger partial charge on any atom is -0.481 e. The van der Waals surface area contributed by atoms with Gasteiger partial charge in [0, 0.05) is 6.42 Å². The van der Waals surface area contributed by atoms with Crippen LogP contribution in [0, 0.1) is 0 Å². The molecule has 0 aliphatic rings. The maximum atomic E-state index is 11.6. The van der Waals surface area contributed by atoms with Crippen molar-refractivity contribution in [2.24, 2.45) is 11.5 Å². The summed E-state index contributed by atoms with van der Waals surface area (Å²) in [6.45, 7) is 0. The minimum atomic E-state index is -1.04. The molecule has 0 aliphatic heterocycles. The molecule has 0 saturated heterocycles. The molecule has 6 N–H and O–H groups in total. The standard InChI is InChI=1S/C12H21N3O5/c13-8(6-16)2-1-3-9(7-17)15-12(20)10(14)4-5-11(18)19/h6-10H,1-5,13-14H2,(H,15,20)(H,18,19)/t8-,9+,10+/m1/s1. The summed E-state index contributed by atoms with van der Waals surface area (Å²) in [4.78, 5) is 43.1. The van der Waals surface area contributed by atoms with Crippen LogP contribution in [0.25, 0.3) is 0 Å². The maximum Gasteiger partial charge on any atom is 0.303 e. The van der Waals surface area contributed by atoms with E-state index in [1.807, 2.05) is 0 Å². The number of hydrogen-bond acceptors (Lipinski definition) is 6. The van der Waals surface area contributed by atoms with Crippen molar-refractivity contribution in [2.75, 3.05) is 0 Å². The fourth-order valence-electron chi connectivity index (χ4n) is 1.52. The first-order valence-electron chi connectivity index (χ1n) is 6.34. The molecule has 0 rings (SSSR count). The molecule has 0 radical (unpaired) electrons. The van der Waals surface area contributed by atoms with Gasteiger partial charge < -0.3 is 31.5 Å². The first-order valence-corrected chi connectivity index (χ1v) is 6.34. The smallest absolute Gasteiger partial charge is 0.303 e. The van der Waals surface area contributed by atoms with Gasteiger partial charge in [-0.2, -0.15) is 0 Å². The summed E-state index contributed by atoms with van der Waals surface area (Å²) >= 11 is 0. The predicted molar refractivity (Wildman–Crippen MR) is 70.7 cm³/mol. The van der Waals surface area contributed by atoms with E-state index in [9.17, 15) is 19.2 Å². The number of rotatable bonds is 11. The van der Waals surface area contributed by atoms with Gasteiger partial charge in [0.25, 0.3) is 0 Å². The molecule has 114 valence electrons. The summed E-state index contributed by atoms with van der Waals surface area (Å²) in [6, 6.07) is -2.25. The Bertz CT molecular complexity index is 348. The zero-order chi connectivity index (χ0) is 15.5. The third-order valence-electron chi connectivity index (χ3n) is 2.73. The molecule has 8 nitrogen and oxygen atoms in total. The van der Waals surface area contributed by atoms with Gasteiger partial charge in [-0.3, -0.25) is 9.59 Å². The van der Waals surface area contributed by atoms with Crippen LogP contribution in [-0.2, 0) is 19.2 Å². The van der Waals surface area contributed by atoms with Gasteiger partial charge in [-0.1, -0.05) is 0 Å². The van der Waals surface area contributed by atoms with Gasteiger partial charge in [0.1, 0.15) is 12.6 Å². The van der Waals surface area contributed by atoms with E-state index < -0.39 is 30.0 Å². The largest absolute Gasteiger partial charge is 0.481 e. The molecular weight excluding hydrogens is 266 g/mol. The summed E-state index contributed by atoms with van der Waals surface area (Å²) in [5.41, 5.74) is 10.9. The van der Waals surface area contributed by atoms with Crippen molar-refractivity contribution in [1.82, 2.24) is 5.32 Å². The van der Waals surface area contributed by atoms with Gasteiger partial charge >= 0.3 is 5.97 Å². The summed E-state index contributed by atoms with van der Waals surface area (Å²) in [5.74, 6) is -1.61. The molecule has 0 unspecified atom stereocenters. The molecule has 0 aliphatic carbocycles. The Morgan fingerprint density at radius 1 is 1.10 bits per heavy atom. The summed E-state index contributed by atoms with van der Waals surface area (Å²) in [5, 5.41) is 10.9. The zero-order valence-electron chi connectivity index (χ0n) is 11.2. The molecule has 0 aromatic heterocycles. The molecule has 0 aromatic carbocycles. The Balaban J connectivity index is 4.07. The number of aldehydes is 2. The van der Waals surface area contributed by atoms with Gasteiger partial charge in [0.15, 0.2) is 0 Å². The Kier molecular flexibility index (Phi) is 9.14. The summed E-state index contributed by atoms with van der Waals surface area (Å²) in [6.07, 6.45) is 2.27. The highest BCUT2D eigenvalue weighted by molar-refractivity contribution is 5.84. The molecule has 0 saturated carbocycles. The monoisotopic (exact) mass is 287 g/mol. The van der Waals surface area contributed by atoms with E-state index in [1.165, 1.54) is 0 Å². The normalized spacial score (nSPS) is 14.9. The Morgan fingerprint density at radius 2 is 1.75 bits per heavy atom. The first-order chi connectivity index (χ1) is 9.40. The summed E-state index contributed by atoms with van der Waals surface area (Å²) < 4.78 is 0. The van der Waals surface area contributed by atoms with Crippen molar-refractivity contribution < 1.29 is 24.3 Å². The zero-order valence-corrected chi connectivity index (χ0v) is 11.2. The molecule has 0 heterocycles. The number of aliphatic carboxylic acids is 1. The lowest BCUT2D eigenvalue weighted by Gasteiger charge is -2.16. The highest BCUT2D eigenvalue weighted by Gasteiger charge is 2.18. The second-order valence-corrected chi connectivity index (χ2v) is 4.52. The average Bonchev–Trinajstić information content (AvgIpc) is 2.42. The third kappa shape index (κ3) is 8.33. The number of hydrogen-bond donors (Lipinski definition) is 4. The fourth-order valence-corrected chi connectivity index (χ4v) is 1.52. The quantitative estimate of drug-likeness (QED) is 0.339. The van der Waals surface area contributed by atoms with Crippen LogP contribution in [0.5, 0.6) is 0 Å². The maximum absolute atomic E-state index is 11.6. The molecule has 0 aromatic rings. The Hall–Kier alpha value is -1.80. The highest BCUT2D eigenvalue weighted by Crippen LogP contribution is 2.02. The molecular formula is C12H21N3O5. The number of carboxylic acids is 1. The second kappa shape index (κ2) is 10.0. The van der Waals surface area contributed by atoms with Gasteiger partial charge in [-0.25, -0.2) is 0 Å². The van der Waals surface area contributed by atoms with E-state index in [1.54, 1.807) is 0 Å². The topological polar surface area (TPSA) is 153 Å². The van der Waals surface area contributed by atoms with E-state index >= 15 is 0 Å². The van der Waals surface area contributed by atoms with Crippen LogP contribution >= 0.6 is 0 Å².